The predicted molar refractivity (Wildman–Crippen MR) is 87.0 cm³/mol. The highest BCUT2D eigenvalue weighted by Crippen LogP contribution is 2.24. The lowest BCUT2D eigenvalue weighted by Crippen LogP contribution is -2.03. The first-order chi connectivity index (χ1) is 9.69. The van der Waals surface area contributed by atoms with Crippen molar-refractivity contribution in [3.8, 4) is 18.1 Å². The molecular weight excluding hydrogens is 314 g/mol. The van der Waals surface area contributed by atoms with Crippen molar-refractivity contribution in [3.05, 3.63) is 58.1 Å². The number of terminal acetylenes is 1. The van der Waals surface area contributed by atoms with Crippen molar-refractivity contribution in [2.75, 3.05) is 11.9 Å². The molecule has 2 aromatic carbocycles. The van der Waals surface area contributed by atoms with Crippen LogP contribution in [0.5, 0.6) is 5.75 Å². The zero-order valence-electron chi connectivity index (χ0n) is 11.3. The van der Waals surface area contributed by atoms with Crippen molar-refractivity contribution in [1.82, 2.24) is 0 Å². The maximum Gasteiger partial charge on any atom is 0.148 e. The number of halogens is 1. The number of ether oxygens (including phenoxy) is 1. The van der Waals surface area contributed by atoms with Crippen molar-refractivity contribution in [2.24, 2.45) is 0 Å². The molecule has 0 aliphatic rings. The minimum Gasteiger partial charge on any atom is -0.481 e. The fraction of sp³-hybridized carbons (Fsp3) is 0.176. The van der Waals surface area contributed by atoms with E-state index in [4.69, 9.17) is 11.2 Å². The highest BCUT2D eigenvalue weighted by molar-refractivity contribution is 9.10. The molecule has 3 heteroatoms. The number of anilines is 1. The minimum atomic E-state index is 0.277. The van der Waals surface area contributed by atoms with E-state index in [-0.39, 0.29) is 6.61 Å². The van der Waals surface area contributed by atoms with E-state index >= 15 is 0 Å². The molecule has 0 fully saturated rings. The third-order valence-corrected chi connectivity index (χ3v) is 3.36. The van der Waals surface area contributed by atoms with Crippen molar-refractivity contribution in [2.45, 2.75) is 13.5 Å². The molecule has 0 saturated heterocycles. The molecule has 0 bridgehead atoms. The largest absolute Gasteiger partial charge is 0.481 e. The fourth-order valence-corrected chi connectivity index (χ4v) is 2.22. The molecule has 0 aliphatic carbocycles. The lowest BCUT2D eigenvalue weighted by Gasteiger charge is -2.12. The molecule has 102 valence electrons. The zero-order valence-corrected chi connectivity index (χ0v) is 12.9. The molecule has 1 N–H and O–H groups in total. The maximum absolute atomic E-state index is 5.55. The van der Waals surface area contributed by atoms with Gasteiger partial charge in [0.25, 0.3) is 0 Å². The molecule has 0 unspecified atom stereocenters. The molecule has 0 radical (unpaired) electrons. The summed E-state index contributed by atoms with van der Waals surface area (Å²) >= 11 is 3.48. The van der Waals surface area contributed by atoms with Crippen LogP contribution in [0.1, 0.15) is 11.1 Å². The number of nitrogens with one attached hydrogen (secondary N) is 1. The van der Waals surface area contributed by atoms with Crippen LogP contribution in [-0.2, 0) is 6.54 Å². The summed E-state index contributed by atoms with van der Waals surface area (Å²) in [5, 5.41) is 3.38. The van der Waals surface area contributed by atoms with Crippen LogP contribution in [0.15, 0.2) is 46.9 Å². The Bertz CT molecular complexity index is 614. The predicted octanol–water partition coefficient (Wildman–Crippen LogP) is 4.38. The van der Waals surface area contributed by atoms with Gasteiger partial charge in [0, 0.05) is 22.3 Å². The molecule has 0 atom stereocenters. The summed E-state index contributed by atoms with van der Waals surface area (Å²) in [6, 6.07) is 14.2. The molecule has 2 nitrogen and oxygen atoms in total. The Kier molecular flexibility index (Phi) is 5.09. The van der Waals surface area contributed by atoms with Crippen LogP contribution in [0.4, 0.5) is 5.69 Å². The van der Waals surface area contributed by atoms with Gasteiger partial charge in [0.2, 0.25) is 0 Å². The van der Waals surface area contributed by atoms with Crippen molar-refractivity contribution < 1.29 is 4.74 Å². The van der Waals surface area contributed by atoms with Gasteiger partial charge in [-0.05, 0) is 37.3 Å². The second-order valence-corrected chi connectivity index (χ2v) is 5.38. The number of hydrogen-bond donors (Lipinski definition) is 1. The van der Waals surface area contributed by atoms with E-state index in [1.165, 1.54) is 5.56 Å². The Balaban J connectivity index is 2.09. The van der Waals surface area contributed by atoms with E-state index in [1.54, 1.807) is 0 Å². The fourth-order valence-electron chi connectivity index (χ4n) is 1.82. The number of aryl methyl sites for hydroxylation is 1. The van der Waals surface area contributed by atoms with Crippen LogP contribution in [0.3, 0.4) is 0 Å². The standard InChI is InChI=1S/C17H16BrNO/c1-3-10-20-17-9-6-15(18)11-14(17)12-19-16-7-4-13(2)5-8-16/h1,4-9,11,19H,10,12H2,2H3. The van der Waals surface area contributed by atoms with Gasteiger partial charge < -0.3 is 10.1 Å². The van der Waals surface area contributed by atoms with Gasteiger partial charge in [-0.15, -0.1) is 6.42 Å². The van der Waals surface area contributed by atoms with E-state index < -0.39 is 0 Å². The van der Waals surface area contributed by atoms with Crippen molar-refractivity contribution in [1.29, 1.82) is 0 Å². The minimum absolute atomic E-state index is 0.277. The first kappa shape index (κ1) is 14.5. The van der Waals surface area contributed by atoms with Gasteiger partial charge in [0.15, 0.2) is 0 Å². The molecule has 0 spiro atoms. The first-order valence-corrected chi connectivity index (χ1v) is 7.13. The number of benzene rings is 2. The van der Waals surface area contributed by atoms with Crippen LogP contribution in [0.2, 0.25) is 0 Å². The molecule has 0 heterocycles. The smallest absolute Gasteiger partial charge is 0.148 e. The van der Waals surface area contributed by atoms with Gasteiger partial charge in [0.05, 0.1) is 0 Å². The highest BCUT2D eigenvalue weighted by Gasteiger charge is 2.04. The average molecular weight is 330 g/mol. The molecule has 0 aromatic heterocycles. The monoisotopic (exact) mass is 329 g/mol. The lowest BCUT2D eigenvalue weighted by molar-refractivity contribution is 0.366. The van der Waals surface area contributed by atoms with Gasteiger partial charge in [-0.25, -0.2) is 0 Å². The zero-order chi connectivity index (χ0) is 14.4. The normalized spacial score (nSPS) is 9.85. The van der Waals surface area contributed by atoms with Crippen LogP contribution in [0.25, 0.3) is 0 Å². The van der Waals surface area contributed by atoms with Crippen LogP contribution in [-0.4, -0.2) is 6.61 Å². The van der Waals surface area contributed by atoms with Crippen LogP contribution >= 0.6 is 15.9 Å². The molecule has 0 aliphatic heterocycles. The van der Waals surface area contributed by atoms with E-state index in [1.807, 2.05) is 18.2 Å². The molecule has 0 amide bonds. The molecule has 20 heavy (non-hydrogen) atoms. The summed E-state index contributed by atoms with van der Waals surface area (Å²) < 4.78 is 6.57. The average Bonchev–Trinajstić information content (AvgIpc) is 2.46. The number of hydrogen-bond acceptors (Lipinski definition) is 2. The van der Waals surface area contributed by atoms with Crippen molar-refractivity contribution in [3.63, 3.8) is 0 Å². The second kappa shape index (κ2) is 7.02. The van der Waals surface area contributed by atoms with Crippen molar-refractivity contribution >= 4 is 21.6 Å². The van der Waals surface area contributed by atoms with Gasteiger partial charge in [-0.2, -0.15) is 0 Å². The summed E-state index contributed by atoms with van der Waals surface area (Å²) in [4.78, 5) is 0. The van der Waals surface area contributed by atoms with Gasteiger partial charge in [-0.3, -0.25) is 0 Å². The number of rotatable bonds is 5. The third kappa shape index (κ3) is 4.04. The van der Waals surface area contributed by atoms with E-state index in [9.17, 15) is 0 Å². The third-order valence-electron chi connectivity index (χ3n) is 2.87. The Morgan fingerprint density at radius 3 is 2.65 bits per heavy atom. The lowest BCUT2D eigenvalue weighted by atomic mass is 10.2. The van der Waals surface area contributed by atoms with Gasteiger partial charge >= 0.3 is 0 Å². The van der Waals surface area contributed by atoms with E-state index in [0.717, 1.165) is 21.5 Å². The quantitative estimate of drug-likeness (QED) is 0.822. The molecule has 0 saturated carbocycles. The Hall–Kier alpha value is -1.92. The molecular formula is C17H16BrNO. The topological polar surface area (TPSA) is 21.3 Å². The summed E-state index contributed by atoms with van der Waals surface area (Å²) in [7, 11) is 0. The van der Waals surface area contributed by atoms with Gasteiger partial charge in [0.1, 0.15) is 12.4 Å². The molecule has 2 rings (SSSR count). The second-order valence-electron chi connectivity index (χ2n) is 4.46. The Morgan fingerprint density at radius 1 is 1.20 bits per heavy atom. The van der Waals surface area contributed by atoms with Crippen LogP contribution < -0.4 is 10.1 Å². The summed E-state index contributed by atoms with van der Waals surface area (Å²) in [6.07, 6.45) is 5.24. The highest BCUT2D eigenvalue weighted by atomic mass is 79.9. The van der Waals surface area contributed by atoms with Gasteiger partial charge in [-0.1, -0.05) is 39.5 Å². The van der Waals surface area contributed by atoms with E-state index in [0.29, 0.717) is 6.54 Å². The summed E-state index contributed by atoms with van der Waals surface area (Å²) in [5.41, 5.74) is 3.39. The molecule has 2 aromatic rings. The summed E-state index contributed by atoms with van der Waals surface area (Å²) in [6.45, 7) is 3.03. The maximum atomic E-state index is 5.55. The Labute approximate surface area is 128 Å². The van der Waals surface area contributed by atoms with E-state index in [2.05, 4.69) is 58.4 Å². The Morgan fingerprint density at radius 2 is 1.95 bits per heavy atom. The first-order valence-electron chi connectivity index (χ1n) is 6.34. The van der Waals surface area contributed by atoms with Crippen LogP contribution in [0, 0.1) is 19.3 Å². The SMILES string of the molecule is C#CCOc1ccc(Br)cc1CNc1ccc(C)cc1. The summed E-state index contributed by atoms with van der Waals surface area (Å²) in [5.74, 6) is 3.29.